The van der Waals surface area contributed by atoms with Crippen molar-refractivity contribution in [2.24, 2.45) is 0 Å². The molecule has 0 heterocycles. The molecule has 0 aliphatic heterocycles. The van der Waals surface area contributed by atoms with E-state index in [1.54, 1.807) is 0 Å². The first-order chi connectivity index (χ1) is 2.00. The van der Waals surface area contributed by atoms with Gasteiger partial charge in [-0.25, -0.2) is 0 Å². The minimum atomic E-state index is -5.17. The molecular formula is H36O22S-2. The molecule has 23 heteroatoms. The van der Waals surface area contributed by atoms with Crippen molar-refractivity contribution in [3.8, 4) is 0 Å². The van der Waals surface area contributed by atoms with E-state index in [-0.39, 0.29) is 98.6 Å². The van der Waals surface area contributed by atoms with E-state index in [1.165, 1.54) is 0 Å². The average molecular weight is 420 g/mol. The monoisotopic (exact) mass is 420 g/mol. The summed E-state index contributed by atoms with van der Waals surface area (Å²) in [5.41, 5.74) is 0. The van der Waals surface area contributed by atoms with Crippen LogP contribution in [-0.2, 0) is 10.4 Å². The molecule has 0 spiro atoms. The van der Waals surface area contributed by atoms with Gasteiger partial charge in [0.05, 0.1) is 0 Å². The van der Waals surface area contributed by atoms with Crippen LogP contribution in [0.4, 0.5) is 0 Å². The lowest BCUT2D eigenvalue weighted by Gasteiger charge is -2.06. The highest BCUT2D eigenvalue weighted by atomic mass is 32.3. The van der Waals surface area contributed by atoms with Crippen molar-refractivity contribution >= 4 is 10.4 Å². The van der Waals surface area contributed by atoms with Crippen LogP contribution in [0.1, 0.15) is 0 Å². The van der Waals surface area contributed by atoms with E-state index < -0.39 is 10.4 Å². The number of rotatable bonds is 0. The summed E-state index contributed by atoms with van der Waals surface area (Å²) in [6.45, 7) is 0. The van der Waals surface area contributed by atoms with E-state index in [1.807, 2.05) is 0 Å². The molecule has 0 rings (SSSR count). The van der Waals surface area contributed by atoms with Gasteiger partial charge >= 0.3 is 0 Å². The first-order valence-corrected chi connectivity index (χ1v) is 2.00. The van der Waals surface area contributed by atoms with E-state index in [0.717, 1.165) is 0 Å². The molecule has 0 saturated carbocycles. The molecule has 0 amide bonds. The molecule has 0 saturated heterocycles. The van der Waals surface area contributed by atoms with Crippen LogP contribution in [0.25, 0.3) is 0 Å². The maximum atomic E-state index is 8.52. The van der Waals surface area contributed by atoms with Crippen LogP contribution in [0, 0.1) is 0 Å². The fourth-order valence-electron chi connectivity index (χ4n) is 0. The van der Waals surface area contributed by atoms with Gasteiger partial charge in [0, 0.05) is 10.4 Å². The van der Waals surface area contributed by atoms with Crippen LogP contribution in [0.2, 0.25) is 0 Å². The Bertz CT molecular complexity index is 89.1. The molecule has 0 aromatic heterocycles. The minimum absolute atomic E-state index is 0. The lowest BCUT2D eigenvalue weighted by Crippen LogP contribution is -1.91. The molecule has 0 aliphatic carbocycles. The SMILES string of the molecule is O.O.O.O.O.O.O.O.O.O.O.O.O.O.O.O.O.O.O=S(=O)([O-])[O-]. The zero-order valence-corrected chi connectivity index (χ0v) is 11.9. The Hall–Kier alpha value is -0.850. The molecule has 176 valence electrons. The zero-order valence-electron chi connectivity index (χ0n) is 11.0. The molecule has 36 N–H and O–H groups in total. The third kappa shape index (κ3) is 10700. The molecule has 22 nitrogen and oxygen atoms in total. The summed E-state index contributed by atoms with van der Waals surface area (Å²) >= 11 is 0. The van der Waals surface area contributed by atoms with Crippen molar-refractivity contribution in [3.63, 3.8) is 0 Å². The van der Waals surface area contributed by atoms with Gasteiger partial charge < -0.3 is 108 Å². The van der Waals surface area contributed by atoms with Gasteiger partial charge in [-0.1, -0.05) is 0 Å². The summed E-state index contributed by atoms with van der Waals surface area (Å²) < 4.78 is 34.1. The predicted octanol–water partition coefficient (Wildman–Crippen LogP) is -16.2. The molecule has 0 fully saturated rings. The minimum Gasteiger partial charge on any atom is -0.759 e. The predicted molar refractivity (Wildman–Crippen MR) is 75.5 cm³/mol. The van der Waals surface area contributed by atoms with Crippen LogP contribution < -0.4 is 0 Å². The Labute approximate surface area is 128 Å². The Morgan fingerprint density at radius 3 is 0.304 bits per heavy atom. The Morgan fingerprint density at radius 1 is 0.304 bits per heavy atom. The summed E-state index contributed by atoms with van der Waals surface area (Å²) in [5, 5.41) is 0. The summed E-state index contributed by atoms with van der Waals surface area (Å²) in [6, 6.07) is 0. The maximum Gasteiger partial charge on any atom is 0.0311 e. The van der Waals surface area contributed by atoms with Crippen LogP contribution in [0.15, 0.2) is 0 Å². The van der Waals surface area contributed by atoms with Gasteiger partial charge in [-0.15, -0.1) is 0 Å². The first-order valence-electron chi connectivity index (χ1n) is 0.667. The van der Waals surface area contributed by atoms with E-state index in [9.17, 15) is 0 Å². The standard InChI is InChI=1S/H2O4S.18H2O/c1-5(2,3)4;;;;;;;;;;;;;;;;;;/h(H2,1,2,3,4);18*1H2/p-2. The average Bonchev–Trinajstić information content (AvgIpc) is 0.722. The van der Waals surface area contributed by atoms with Gasteiger partial charge in [-0.3, -0.25) is 8.42 Å². The van der Waals surface area contributed by atoms with Crippen molar-refractivity contribution in [1.29, 1.82) is 0 Å². The highest BCUT2D eigenvalue weighted by Crippen LogP contribution is 1.57. The molecule has 0 bridgehead atoms. The highest BCUT2D eigenvalue weighted by Gasteiger charge is 1.49. The maximum absolute atomic E-state index is 8.52. The molecule has 0 aliphatic rings. The van der Waals surface area contributed by atoms with Crippen LogP contribution in [0.3, 0.4) is 0 Å². The molecule has 0 aromatic rings. The van der Waals surface area contributed by atoms with Crippen molar-refractivity contribution in [2.75, 3.05) is 0 Å². The van der Waals surface area contributed by atoms with Crippen molar-refractivity contribution in [2.45, 2.75) is 0 Å². The third-order valence-electron chi connectivity index (χ3n) is 0. The second kappa shape index (κ2) is 324. The molecule has 0 radical (unpaired) electrons. The van der Waals surface area contributed by atoms with Crippen molar-refractivity contribution < 1.29 is 116 Å². The Kier molecular flexibility index (Phi) is 14100. The highest BCUT2D eigenvalue weighted by molar-refractivity contribution is 7.79. The zero-order chi connectivity index (χ0) is 4.50. The Balaban J connectivity index is -0.000000000523. The quantitative estimate of drug-likeness (QED) is 0.272. The van der Waals surface area contributed by atoms with Crippen LogP contribution in [0.5, 0.6) is 0 Å². The van der Waals surface area contributed by atoms with E-state index >= 15 is 0 Å². The molecule has 0 aromatic carbocycles. The van der Waals surface area contributed by atoms with Crippen molar-refractivity contribution in [1.82, 2.24) is 0 Å². The summed E-state index contributed by atoms with van der Waals surface area (Å²) in [6.07, 6.45) is 0. The third-order valence-corrected chi connectivity index (χ3v) is 0. The fourth-order valence-corrected chi connectivity index (χ4v) is 0. The van der Waals surface area contributed by atoms with Gasteiger partial charge in [-0.2, -0.15) is 0 Å². The molecule has 0 unspecified atom stereocenters. The normalized spacial score (nSPS) is 2.52. The van der Waals surface area contributed by atoms with Gasteiger partial charge in [0.1, 0.15) is 0 Å². The second-order valence-corrected chi connectivity index (χ2v) is 1.22. The second-order valence-electron chi connectivity index (χ2n) is 0.408. The van der Waals surface area contributed by atoms with Gasteiger partial charge in [0.2, 0.25) is 0 Å². The topological polar surface area (TPSA) is 647 Å². The van der Waals surface area contributed by atoms with E-state index in [0.29, 0.717) is 0 Å². The van der Waals surface area contributed by atoms with E-state index in [2.05, 4.69) is 0 Å². The smallest absolute Gasteiger partial charge is 0.0311 e. The van der Waals surface area contributed by atoms with Crippen molar-refractivity contribution in [3.05, 3.63) is 0 Å². The van der Waals surface area contributed by atoms with Gasteiger partial charge in [0.25, 0.3) is 0 Å². The molecule has 23 heavy (non-hydrogen) atoms. The van der Waals surface area contributed by atoms with Gasteiger partial charge in [0.15, 0.2) is 0 Å². The largest absolute Gasteiger partial charge is 0.759 e. The molecule has 0 atom stereocenters. The fraction of sp³-hybridized carbons (Fsp3) is 0. The van der Waals surface area contributed by atoms with Crippen LogP contribution >= 0.6 is 0 Å². The lowest BCUT2D eigenvalue weighted by atomic mass is 15.8. The van der Waals surface area contributed by atoms with E-state index in [4.69, 9.17) is 17.5 Å². The van der Waals surface area contributed by atoms with Crippen LogP contribution in [-0.4, -0.2) is 116 Å². The summed E-state index contributed by atoms with van der Waals surface area (Å²) in [5.74, 6) is 0. The first kappa shape index (κ1) is 999. The van der Waals surface area contributed by atoms with Gasteiger partial charge in [-0.05, 0) is 0 Å². The molecular weight excluding hydrogens is 384 g/mol. The Morgan fingerprint density at radius 2 is 0.304 bits per heavy atom. The number of hydrogen-bond donors (Lipinski definition) is 0. The number of hydrogen-bond acceptors (Lipinski definition) is 4. The summed E-state index contributed by atoms with van der Waals surface area (Å²) in [7, 11) is -5.17. The summed E-state index contributed by atoms with van der Waals surface area (Å²) in [4.78, 5) is 0. The lowest BCUT2D eigenvalue weighted by molar-refractivity contribution is 0.352.